The van der Waals surface area contributed by atoms with E-state index in [1.165, 1.54) is 5.56 Å². The summed E-state index contributed by atoms with van der Waals surface area (Å²) in [7, 11) is 1.56. The van der Waals surface area contributed by atoms with Crippen molar-refractivity contribution in [2.24, 2.45) is 0 Å². The van der Waals surface area contributed by atoms with E-state index in [1.807, 2.05) is 60.7 Å². The van der Waals surface area contributed by atoms with Gasteiger partial charge in [0.1, 0.15) is 12.1 Å². The summed E-state index contributed by atoms with van der Waals surface area (Å²) in [6, 6.07) is 23.2. The summed E-state index contributed by atoms with van der Waals surface area (Å²) in [6.45, 7) is 3.01. The molecule has 2 atom stereocenters. The molecule has 3 aromatic carbocycles. The first-order valence-corrected chi connectivity index (χ1v) is 11.4. The van der Waals surface area contributed by atoms with Crippen LogP contribution in [-0.2, 0) is 27.3 Å². The average Bonchev–Trinajstić information content (AvgIpc) is 2.84. The molecule has 0 fully saturated rings. The summed E-state index contributed by atoms with van der Waals surface area (Å²) in [5.74, 6) is -0.471. The largest absolute Gasteiger partial charge is 0.383 e. The molecule has 6 nitrogen and oxygen atoms in total. The van der Waals surface area contributed by atoms with Crippen molar-refractivity contribution in [3.8, 4) is 0 Å². The average molecular weight is 448 g/mol. The molecule has 0 heterocycles. The molecule has 0 aliphatic rings. The number of carbonyl (C=O) groups excluding carboxylic acids is 2. The van der Waals surface area contributed by atoms with Crippen LogP contribution in [0.4, 0.5) is 0 Å². The van der Waals surface area contributed by atoms with Crippen molar-refractivity contribution in [1.82, 2.24) is 16.0 Å². The molecule has 6 heteroatoms. The van der Waals surface area contributed by atoms with E-state index in [-0.39, 0.29) is 18.4 Å². The van der Waals surface area contributed by atoms with Crippen molar-refractivity contribution in [3.63, 3.8) is 0 Å². The van der Waals surface area contributed by atoms with Crippen LogP contribution in [0.1, 0.15) is 24.5 Å². The molecule has 174 valence electrons. The molecule has 3 aromatic rings. The third-order valence-corrected chi connectivity index (χ3v) is 5.61. The second kappa shape index (κ2) is 12.7. The van der Waals surface area contributed by atoms with Crippen LogP contribution in [0.3, 0.4) is 0 Å². The van der Waals surface area contributed by atoms with Gasteiger partial charge in [0.15, 0.2) is 0 Å². The van der Waals surface area contributed by atoms with Crippen molar-refractivity contribution in [3.05, 3.63) is 83.9 Å². The van der Waals surface area contributed by atoms with Gasteiger partial charge in [-0.2, -0.15) is 0 Å². The number of carbonyl (C=O) groups is 2. The maximum atomic E-state index is 12.7. The molecule has 0 aliphatic heterocycles. The Kier molecular flexibility index (Phi) is 9.42. The summed E-state index contributed by atoms with van der Waals surface area (Å²) >= 11 is 0. The van der Waals surface area contributed by atoms with Gasteiger partial charge in [-0.3, -0.25) is 9.59 Å². The van der Waals surface area contributed by atoms with Gasteiger partial charge in [-0.25, -0.2) is 0 Å². The number of amides is 2. The number of aryl methyl sites for hydroxylation is 1. The molecule has 33 heavy (non-hydrogen) atoms. The number of benzene rings is 3. The SMILES string of the molecule is COCC(NCCCc1ccccc1)C(=O)NC(C)C(=O)NCc1cccc2ccccc12. The smallest absolute Gasteiger partial charge is 0.242 e. The highest BCUT2D eigenvalue weighted by atomic mass is 16.5. The Morgan fingerprint density at radius 1 is 0.909 bits per heavy atom. The topological polar surface area (TPSA) is 79.5 Å². The lowest BCUT2D eigenvalue weighted by Gasteiger charge is -2.21. The van der Waals surface area contributed by atoms with Gasteiger partial charge >= 0.3 is 0 Å². The predicted molar refractivity (Wildman–Crippen MR) is 132 cm³/mol. The number of ether oxygens (including phenoxy) is 1. The fraction of sp³-hybridized carbons (Fsp3) is 0.333. The Bertz CT molecular complexity index is 1030. The second-order valence-corrected chi connectivity index (χ2v) is 8.14. The van der Waals surface area contributed by atoms with Crippen LogP contribution in [0.15, 0.2) is 72.8 Å². The molecule has 3 N–H and O–H groups in total. The monoisotopic (exact) mass is 447 g/mol. The van der Waals surface area contributed by atoms with E-state index in [0.29, 0.717) is 13.1 Å². The molecule has 2 amide bonds. The molecule has 2 unspecified atom stereocenters. The normalized spacial score (nSPS) is 12.8. The molecular formula is C27H33N3O3. The molecule has 0 saturated carbocycles. The van der Waals surface area contributed by atoms with Gasteiger partial charge in [0.2, 0.25) is 11.8 Å². The van der Waals surface area contributed by atoms with Crippen LogP contribution < -0.4 is 16.0 Å². The second-order valence-electron chi connectivity index (χ2n) is 8.14. The first-order chi connectivity index (χ1) is 16.1. The van der Waals surface area contributed by atoms with Gasteiger partial charge in [0.25, 0.3) is 0 Å². The first-order valence-electron chi connectivity index (χ1n) is 11.4. The fourth-order valence-electron chi connectivity index (χ4n) is 3.77. The van der Waals surface area contributed by atoms with E-state index in [1.54, 1.807) is 14.0 Å². The minimum absolute atomic E-state index is 0.225. The quantitative estimate of drug-likeness (QED) is 0.373. The highest BCUT2D eigenvalue weighted by Gasteiger charge is 2.22. The summed E-state index contributed by atoms with van der Waals surface area (Å²) in [5.41, 5.74) is 2.31. The molecule has 0 aliphatic carbocycles. The molecule has 0 saturated heterocycles. The molecular weight excluding hydrogens is 414 g/mol. The number of hydrogen-bond donors (Lipinski definition) is 3. The maximum Gasteiger partial charge on any atom is 0.242 e. The Balaban J connectivity index is 1.46. The van der Waals surface area contributed by atoms with E-state index in [9.17, 15) is 9.59 Å². The van der Waals surface area contributed by atoms with Crippen LogP contribution in [0.2, 0.25) is 0 Å². The van der Waals surface area contributed by atoms with E-state index in [4.69, 9.17) is 4.74 Å². The van der Waals surface area contributed by atoms with Crippen molar-refractivity contribution in [1.29, 1.82) is 0 Å². The van der Waals surface area contributed by atoms with Crippen molar-refractivity contribution in [2.45, 2.75) is 38.4 Å². The van der Waals surface area contributed by atoms with Gasteiger partial charge in [-0.1, -0.05) is 72.8 Å². The van der Waals surface area contributed by atoms with Crippen molar-refractivity contribution in [2.75, 3.05) is 20.3 Å². The lowest BCUT2D eigenvalue weighted by molar-refractivity contribution is -0.130. The van der Waals surface area contributed by atoms with Crippen LogP contribution in [0.25, 0.3) is 10.8 Å². The van der Waals surface area contributed by atoms with Crippen molar-refractivity contribution < 1.29 is 14.3 Å². The minimum Gasteiger partial charge on any atom is -0.383 e. The summed E-state index contributed by atoms with van der Waals surface area (Å²) in [4.78, 5) is 25.3. The third kappa shape index (κ3) is 7.41. The Hall–Kier alpha value is -3.22. The zero-order valence-corrected chi connectivity index (χ0v) is 19.3. The summed E-state index contributed by atoms with van der Waals surface area (Å²) in [5, 5.41) is 11.2. The molecule has 0 spiro atoms. The molecule has 0 radical (unpaired) electrons. The summed E-state index contributed by atoms with van der Waals surface area (Å²) < 4.78 is 5.20. The van der Waals surface area contributed by atoms with E-state index < -0.39 is 12.1 Å². The van der Waals surface area contributed by atoms with Gasteiger partial charge in [0.05, 0.1) is 6.61 Å². The highest BCUT2D eigenvalue weighted by molar-refractivity contribution is 5.90. The number of hydrogen-bond acceptors (Lipinski definition) is 4. The lowest BCUT2D eigenvalue weighted by atomic mass is 10.0. The standard InChI is InChI=1S/C27H33N3O3/c1-20(26(31)29-18-23-15-8-14-22-13-6-7-16-24(22)23)30-27(32)25(19-33-2)28-17-9-12-21-10-4-3-5-11-21/h3-8,10-11,13-16,20,25,28H,9,12,17-19H2,1-2H3,(H,29,31)(H,30,32). The van der Waals surface area contributed by atoms with Gasteiger partial charge < -0.3 is 20.7 Å². The summed E-state index contributed by atoms with van der Waals surface area (Å²) in [6.07, 6.45) is 1.83. The molecule has 3 rings (SSSR count). The number of nitrogens with one attached hydrogen (secondary N) is 3. The Morgan fingerprint density at radius 3 is 2.42 bits per heavy atom. The van der Waals surface area contributed by atoms with Crippen LogP contribution in [-0.4, -0.2) is 44.2 Å². The zero-order valence-electron chi connectivity index (χ0n) is 19.3. The van der Waals surface area contributed by atoms with Gasteiger partial charge in [-0.15, -0.1) is 0 Å². The van der Waals surface area contributed by atoms with Gasteiger partial charge in [-0.05, 0) is 48.2 Å². The predicted octanol–water partition coefficient (Wildman–Crippen LogP) is 3.20. The number of methoxy groups -OCH3 is 1. The van der Waals surface area contributed by atoms with Crippen LogP contribution >= 0.6 is 0 Å². The van der Waals surface area contributed by atoms with E-state index in [2.05, 4.69) is 28.1 Å². The molecule has 0 aromatic heterocycles. The zero-order chi connectivity index (χ0) is 23.5. The van der Waals surface area contributed by atoms with Crippen molar-refractivity contribution >= 4 is 22.6 Å². The minimum atomic E-state index is -0.655. The van der Waals surface area contributed by atoms with E-state index >= 15 is 0 Å². The fourth-order valence-corrected chi connectivity index (χ4v) is 3.77. The lowest BCUT2D eigenvalue weighted by Crippen LogP contribution is -2.53. The Morgan fingerprint density at radius 2 is 1.64 bits per heavy atom. The number of rotatable bonds is 12. The number of fused-ring (bicyclic) bond motifs is 1. The van der Waals surface area contributed by atoms with Gasteiger partial charge in [0, 0.05) is 13.7 Å². The Labute approximate surface area is 195 Å². The highest BCUT2D eigenvalue weighted by Crippen LogP contribution is 2.18. The third-order valence-electron chi connectivity index (χ3n) is 5.61. The van der Waals surface area contributed by atoms with Crippen LogP contribution in [0, 0.1) is 0 Å². The first kappa shape index (κ1) is 24.4. The maximum absolute atomic E-state index is 12.7. The van der Waals surface area contributed by atoms with E-state index in [0.717, 1.165) is 29.2 Å². The molecule has 0 bridgehead atoms. The van der Waals surface area contributed by atoms with Crippen LogP contribution in [0.5, 0.6) is 0 Å².